The molecule has 0 radical (unpaired) electrons. The lowest BCUT2D eigenvalue weighted by atomic mass is 9.72. The predicted octanol–water partition coefficient (Wildman–Crippen LogP) is 6.50. The summed E-state index contributed by atoms with van der Waals surface area (Å²) < 4.78 is 21.0. The van der Waals surface area contributed by atoms with Crippen molar-refractivity contribution in [1.29, 1.82) is 0 Å². The van der Waals surface area contributed by atoms with Crippen molar-refractivity contribution < 1.29 is 83.5 Å². The number of rotatable bonds is 18. The molecule has 484 valence electrons. The van der Waals surface area contributed by atoms with Gasteiger partial charge in [-0.15, -0.1) is 11.6 Å². The number of ketones is 3. The van der Waals surface area contributed by atoms with E-state index in [1.54, 1.807) is 96.8 Å². The third-order valence-electron chi connectivity index (χ3n) is 18.2. The van der Waals surface area contributed by atoms with E-state index in [1.165, 1.54) is 31.4 Å². The fourth-order valence-corrected chi connectivity index (χ4v) is 13.6. The lowest BCUT2D eigenvalue weighted by Crippen LogP contribution is -2.54. The zero-order valence-corrected chi connectivity index (χ0v) is 51.8. The van der Waals surface area contributed by atoms with E-state index in [9.17, 15) is 69.3 Å². The van der Waals surface area contributed by atoms with Crippen molar-refractivity contribution in [2.24, 2.45) is 14.1 Å². The van der Waals surface area contributed by atoms with E-state index in [0.29, 0.717) is 50.0 Å². The summed E-state index contributed by atoms with van der Waals surface area (Å²) in [7, 11) is 4.71. The minimum atomic E-state index is -2.36. The van der Waals surface area contributed by atoms with Gasteiger partial charge >= 0.3 is 0 Å². The highest BCUT2D eigenvalue weighted by Crippen LogP contribution is 2.53. The Morgan fingerprint density at radius 2 is 1.61 bits per heavy atom. The number of aliphatic hydroxyl groups is 3. The molecule has 2 aliphatic carbocycles. The van der Waals surface area contributed by atoms with E-state index in [0.717, 1.165) is 5.56 Å². The van der Waals surface area contributed by atoms with Crippen LogP contribution in [0.15, 0.2) is 85.2 Å². The molecule has 3 aromatic heterocycles. The molecule has 12 N–H and O–H groups in total. The molecule has 93 heavy (non-hydrogen) atoms. The van der Waals surface area contributed by atoms with E-state index < -0.39 is 102 Å². The van der Waals surface area contributed by atoms with Crippen molar-refractivity contribution >= 4 is 97.0 Å². The molecule has 25 nitrogen and oxygen atoms in total. The number of nitrogens with one attached hydrogen (secondary N) is 5. The van der Waals surface area contributed by atoms with Crippen molar-refractivity contribution in [2.75, 3.05) is 53.5 Å². The second-order valence-electron chi connectivity index (χ2n) is 24.2. The summed E-state index contributed by atoms with van der Waals surface area (Å²) in [5, 5.41) is 91.8. The Morgan fingerprint density at radius 3 is 2.34 bits per heavy atom. The highest BCUT2D eigenvalue weighted by atomic mass is 35.5. The number of aliphatic hydroxyl groups excluding tert-OH is 2. The summed E-state index contributed by atoms with van der Waals surface area (Å²) in [6.07, 6.45) is -2.42. The summed E-state index contributed by atoms with van der Waals surface area (Å²) >= 11 is 6.57. The summed E-state index contributed by atoms with van der Waals surface area (Å²) in [6, 6.07) is 18.7. The molecule has 0 spiro atoms. The summed E-state index contributed by atoms with van der Waals surface area (Å²) in [5.74, 6) is -5.96. The summed E-state index contributed by atoms with van der Waals surface area (Å²) in [4.78, 5) is 101. The van der Waals surface area contributed by atoms with Gasteiger partial charge in [-0.2, -0.15) is 0 Å². The topological polar surface area (TPSA) is 366 Å². The Kier molecular flexibility index (Phi) is 16.9. The first-order valence-electron chi connectivity index (χ1n) is 30.1. The minimum absolute atomic E-state index is 0.0168. The molecule has 5 heterocycles. The van der Waals surface area contributed by atoms with E-state index in [4.69, 9.17) is 25.8 Å². The average Bonchev–Trinajstić information content (AvgIpc) is 1.47. The van der Waals surface area contributed by atoms with Gasteiger partial charge in [0.15, 0.2) is 23.6 Å². The van der Waals surface area contributed by atoms with E-state index in [2.05, 4.69) is 26.3 Å². The smallest absolute Gasteiger partial charge is 0.274 e. The van der Waals surface area contributed by atoms with Crippen LogP contribution in [-0.2, 0) is 50.8 Å². The molecule has 0 bridgehead atoms. The molecule has 4 aliphatic rings. The number of aromatic nitrogens is 3. The van der Waals surface area contributed by atoms with Crippen molar-refractivity contribution in [1.82, 2.24) is 19.4 Å². The number of benzene rings is 5. The zero-order valence-electron chi connectivity index (χ0n) is 51.1. The van der Waals surface area contributed by atoms with Crippen LogP contribution in [0.4, 0.5) is 22.7 Å². The molecular weight excluding hydrogens is 1220 g/mol. The second kappa shape index (κ2) is 24.8. The molecule has 26 heteroatoms. The highest BCUT2D eigenvalue weighted by molar-refractivity contribution is 6.31. The second-order valence-corrected chi connectivity index (χ2v) is 24.5. The maximum absolute atomic E-state index is 14.4. The number of amides is 4. The standard InChI is InChI=1S/C67H67ClN8O17/c1-30-59(82)44(28-74(30)3)73-52(81)17-32-11-13-37-39(16-32)54-34(25-68)26-76(45(54)22-47(37)78)66(89)43-19-33-18-35(12-14-41(33)72-43)71-65(88)46-20-36(27-75(46)4)70-51(80)10-7-15-69-42-21-53(92-31(2)60(42)83)93-49-24-67(90,50(79)29-77)23-40-56(49)64(87)58-57(62(40)85)61(84)38-8-6-9-48(91-5)55(38)63(58)86/h6,8-9,11-14,16,18-20,22,27-28,31,34,42,49,53,60,69,72,77-78,82-83,85,87,90H,7,10,15,17,21,23-26,29H2,1-5H3,(H,70,80)(H,71,88)(H,73,81)/t31-,34?,42-,49+,53?,60+,67-/m0/s1. The van der Waals surface area contributed by atoms with Gasteiger partial charge in [-0.3, -0.25) is 33.6 Å². The molecular formula is C67H67ClN8O17. The van der Waals surface area contributed by atoms with Crippen LogP contribution in [-0.4, -0.2) is 154 Å². The van der Waals surface area contributed by atoms with E-state index >= 15 is 0 Å². The summed E-state index contributed by atoms with van der Waals surface area (Å²) in [5.41, 5.74) is 0.481. The van der Waals surface area contributed by atoms with Crippen LogP contribution in [0.5, 0.6) is 28.7 Å². The third-order valence-corrected chi connectivity index (χ3v) is 18.6. The number of phenols is 3. The maximum atomic E-state index is 14.4. The van der Waals surface area contributed by atoms with Gasteiger partial charge in [0, 0.05) is 121 Å². The van der Waals surface area contributed by atoms with Gasteiger partial charge in [0.05, 0.1) is 65.6 Å². The Hall–Kier alpha value is -9.60. The number of methoxy groups -OCH3 is 1. The van der Waals surface area contributed by atoms with Crippen molar-refractivity contribution in [2.45, 2.75) is 94.5 Å². The number of fused-ring (bicyclic) bond motifs is 7. The van der Waals surface area contributed by atoms with Gasteiger partial charge in [0.1, 0.15) is 52.3 Å². The number of halogens is 1. The number of aryl methyl sites for hydroxylation is 2. The number of alkyl halides is 1. The van der Waals surface area contributed by atoms with Crippen LogP contribution < -0.4 is 30.9 Å². The molecule has 0 saturated carbocycles. The first-order chi connectivity index (χ1) is 44.4. The number of Topliss-reactive ketones (excluding diaryl/α,β-unsaturated/α-hetero) is 1. The zero-order chi connectivity index (χ0) is 66.2. The van der Waals surface area contributed by atoms with Gasteiger partial charge < -0.3 is 90.2 Å². The van der Waals surface area contributed by atoms with Gasteiger partial charge in [-0.1, -0.05) is 30.3 Å². The number of hydrogen-bond acceptors (Lipinski definition) is 18. The number of hydrogen-bond donors (Lipinski definition) is 12. The molecule has 8 aromatic rings. The van der Waals surface area contributed by atoms with Gasteiger partial charge in [0.25, 0.3) is 11.8 Å². The van der Waals surface area contributed by atoms with E-state index in [1.807, 2.05) is 6.07 Å². The number of anilines is 4. The lowest BCUT2D eigenvalue weighted by Gasteiger charge is -2.43. The SMILES string of the molecule is COc1cccc2c1C(=O)c1c(O)c3c(c(O)c1C2=O)C[C@@](O)(C(=O)CO)C[C@H]3OC1C[C@H](NCCCC(=O)Nc2cc(C(=O)Nc3ccc4[nH]c(C(=O)N5CC(CCl)c6c5cc(O)c5ccc(CC(=O)Nc7cn(C)c(C)c7O)cc65)cc4c3)n(C)c2)[C@H](O)[C@H](C)O1. The van der Waals surface area contributed by atoms with Crippen LogP contribution >= 0.6 is 11.6 Å². The number of ether oxygens (including phenoxy) is 3. The molecule has 1 fully saturated rings. The van der Waals surface area contributed by atoms with Crippen LogP contribution in [0.25, 0.3) is 21.7 Å². The van der Waals surface area contributed by atoms with E-state index in [-0.39, 0.29) is 125 Å². The number of carbonyl (C=O) groups excluding carboxylic acids is 7. The first-order valence-corrected chi connectivity index (χ1v) is 30.6. The highest BCUT2D eigenvalue weighted by Gasteiger charge is 2.50. The third kappa shape index (κ3) is 11.5. The molecule has 1 saturated heterocycles. The van der Waals surface area contributed by atoms with Crippen LogP contribution in [0.3, 0.4) is 0 Å². The number of phenolic OH excluding ortho intramolecular Hbond substituents is 3. The lowest BCUT2D eigenvalue weighted by molar-refractivity contribution is -0.249. The molecule has 12 rings (SSSR count). The van der Waals surface area contributed by atoms with Crippen molar-refractivity contribution in [3.05, 3.63) is 147 Å². The van der Waals surface area contributed by atoms with Crippen molar-refractivity contribution in [3.8, 4) is 28.7 Å². The minimum Gasteiger partial charge on any atom is -0.507 e. The average molecular weight is 1290 g/mol. The van der Waals surface area contributed by atoms with Crippen LogP contribution in [0, 0.1) is 6.92 Å². The Labute approximate surface area is 535 Å². The Morgan fingerprint density at radius 1 is 0.839 bits per heavy atom. The number of aromatic hydroxyl groups is 4. The maximum Gasteiger partial charge on any atom is 0.274 e. The number of carbonyl (C=O) groups is 7. The fraction of sp³-hybridized carbons (Fsp3) is 0.328. The first kappa shape index (κ1) is 63.5. The Balaban J connectivity index is 0.663. The normalized spacial score (nSPS) is 20.7. The monoisotopic (exact) mass is 1290 g/mol. The quantitative estimate of drug-likeness (QED) is 0.0248. The molecule has 5 aromatic carbocycles. The Bertz CT molecular complexity index is 4460. The predicted molar refractivity (Wildman–Crippen MR) is 340 cm³/mol. The molecule has 7 atom stereocenters. The van der Waals surface area contributed by atoms with Crippen molar-refractivity contribution in [3.63, 3.8) is 0 Å². The van der Waals surface area contributed by atoms with Crippen LogP contribution in [0.2, 0.25) is 0 Å². The van der Waals surface area contributed by atoms with Gasteiger partial charge in [-0.05, 0) is 79.7 Å². The van der Waals surface area contributed by atoms with Gasteiger partial charge in [0.2, 0.25) is 17.6 Å². The molecule has 2 aliphatic heterocycles. The number of aromatic amines is 1. The molecule has 2 unspecified atom stereocenters. The number of H-pyrrole nitrogens is 1. The largest absolute Gasteiger partial charge is 0.507 e. The van der Waals surface area contributed by atoms with Crippen LogP contribution in [0.1, 0.15) is 125 Å². The summed E-state index contributed by atoms with van der Waals surface area (Å²) in [6.45, 7) is 2.65. The van der Waals surface area contributed by atoms with Gasteiger partial charge in [-0.25, -0.2) is 0 Å². The fourth-order valence-electron chi connectivity index (χ4n) is 13.3. The number of nitrogens with zero attached hydrogens (tertiary/aromatic N) is 3. The molecule has 4 amide bonds.